The fraction of sp³-hybridized carbons (Fsp3) is 0.400. The number of para-hydroxylation sites is 3. The Morgan fingerprint density at radius 1 is 0.948 bits per heavy atom. The summed E-state index contributed by atoms with van der Waals surface area (Å²) in [4.78, 5) is 72.2. The lowest BCUT2D eigenvalue weighted by molar-refractivity contribution is -0.141. The van der Waals surface area contributed by atoms with E-state index in [1.54, 1.807) is 0 Å². The molecule has 4 amide bonds. The molecule has 2 aliphatic carbocycles. The Morgan fingerprint density at radius 3 is 2.48 bits per heavy atom. The molecule has 5 aromatic rings. The Kier molecular flexibility index (Phi) is 9.91. The zero-order chi connectivity index (χ0) is 40.0. The number of carbonyl (C=O) groups excluding carboxylic acids is 4. The maximum atomic E-state index is 14.7. The number of sulfonamides is 1. The van der Waals surface area contributed by atoms with Crippen molar-refractivity contribution in [1.82, 2.24) is 40.4 Å². The predicted octanol–water partition coefficient (Wildman–Crippen LogP) is 4.05. The molecule has 0 unspecified atom stereocenters. The minimum atomic E-state index is -3.92. The molecule has 4 aliphatic rings. The fourth-order valence-corrected chi connectivity index (χ4v) is 10.1. The van der Waals surface area contributed by atoms with Gasteiger partial charge in [0.15, 0.2) is 5.69 Å². The van der Waals surface area contributed by atoms with Crippen molar-refractivity contribution in [2.24, 2.45) is 5.92 Å². The Hall–Kier alpha value is -5.75. The third-order valence-corrected chi connectivity index (χ3v) is 14.0. The largest absolute Gasteiger partial charge is 0.471 e. The van der Waals surface area contributed by atoms with Crippen molar-refractivity contribution in [3.63, 3.8) is 0 Å². The van der Waals surface area contributed by atoms with Crippen LogP contribution in [0.2, 0.25) is 0 Å². The van der Waals surface area contributed by atoms with Gasteiger partial charge in [0.25, 0.3) is 11.8 Å². The molecule has 3 N–H and O–H groups in total. The van der Waals surface area contributed by atoms with Crippen molar-refractivity contribution < 1.29 is 36.9 Å². The van der Waals surface area contributed by atoms with Crippen LogP contribution in [0.1, 0.15) is 68.3 Å². The number of fused-ring (bicyclic) bond motifs is 4. The standard InChI is InChI=1S/C40H40N8O8S2/c49-34-30-20-24(55-36-33(42-26-11-6-7-12-27(26)44-36)37-45-28-13-8-9-15-32(28)57-37)22-48(30)38(51)29(43-35(50)31-18-19-41-56-31)14-5-3-1-2-4-10-23-21-40(23,46-34)39(52)47-58(53,54)25-16-17-25/h4,6-13,15,18-19,23-25,29-30H,1-3,5,14,16-17,20-22H2,(H,43,50)(H,46,49)(H,47,52)/b10-4-/t23-,24+,29-,30-,40+/m0/s1. The van der Waals surface area contributed by atoms with Crippen LogP contribution in [0.25, 0.3) is 32.0 Å². The number of carbonyl (C=O) groups is 4. The van der Waals surface area contributed by atoms with Gasteiger partial charge in [0.1, 0.15) is 28.7 Å². The molecule has 9 rings (SSSR count). The number of nitrogens with one attached hydrogen (secondary N) is 3. The van der Waals surface area contributed by atoms with Crippen LogP contribution in [0.4, 0.5) is 0 Å². The molecule has 300 valence electrons. The second-order valence-electron chi connectivity index (χ2n) is 15.3. The number of allylic oxidation sites excluding steroid dienone is 1. The zero-order valence-corrected chi connectivity index (χ0v) is 32.8. The SMILES string of the molecule is O=C(N[C@H]1CCCCC/C=C\[C@H]2C[C@@]2(C(=O)NS(=O)(=O)C2CC2)NC(=O)[C@@H]2C[C@@H](Oc3nc4ccccc4nc3-c3nc4ccccc4s3)CN2C1=O)c1ccno1. The van der Waals surface area contributed by atoms with Crippen molar-refractivity contribution in [2.45, 2.75) is 86.8 Å². The molecular weight excluding hydrogens is 785 g/mol. The van der Waals surface area contributed by atoms with Crippen LogP contribution >= 0.6 is 11.3 Å². The predicted molar refractivity (Wildman–Crippen MR) is 212 cm³/mol. The summed E-state index contributed by atoms with van der Waals surface area (Å²) in [5.74, 6) is -2.97. The molecule has 3 fully saturated rings. The van der Waals surface area contributed by atoms with E-state index in [4.69, 9.17) is 24.2 Å². The number of hydrogen-bond donors (Lipinski definition) is 3. The molecule has 3 aromatic heterocycles. The number of aromatic nitrogens is 4. The lowest BCUT2D eigenvalue weighted by Gasteiger charge is -2.29. The molecule has 16 nitrogen and oxygen atoms in total. The van der Waals surface area contributed by atoms with E-state index in [2.05, 4.69) is 20.5 Å². The molecule has 5 atom stereocenters. The molecule has 2 aliphatic heterocycles. The van der Waals surface area contributed by atoms with Crippen molar-refractivity contribution in [3.8, 4) is 16.6 Å². The van der Waals surface area contributed by atoms with Crippen molar-refractivity contribution in [1.29, 1.82) is 0 Å². The molecule has 0 radical (unpaired) electrons. The van der Waals surface area contributed by atoms with E-state index in [9.17, 15) is 27.6 Å². The maximum Gasteiger partial charge on any atom is 0.290 e. The van der Waals surface area contributed by atoms with Gasteiger partial charge >= 0.3 is 0 Å². The molecule has 58 heavy (non-hydrogen) atoms. The van der Waals surface area contributed by atoms with E-state index >= 15 is 0 Å². The minimum absolute atomic E-state index is 0.00723. The second-order valence-corrected chi connectivity index (χ2v) is 18.2. The number of amides is 4. The molecule has 0 spiro atoms. The van der Waals surface area contributed by atoms with Crippen LogP contribution in [-0.4, -0.2) is 92.6 Å². The molecule has 2 aromatic carbocycles. The number of hydrogen-bond acceptors (Lipinski definition) is 13. The van der Waals surface area contributed by atoms with E-state index in [-0.39, 0.29) is 37.4 Å². The van der Waals surface area contributed by atoms with Gasteiger partial charge in [-0.05, 0) is 62.8 Å². The lowest BCUT2D eigenvalue weighted by Crippen LogP contribution is -2.58. The number of thiazole rings is 1. The van der Waals surface area contributed by atoms with Crippen molar-refractivity contribution in [3.05, 3.63) is 78.7 Å². The van der Waals surface area contributed by atoms with Crippen LogP contribution in [0, 0.1) is 5.92 Å². The first-order valence-electron chi connectivity index (χ1n) is 19.4. The monoisotopic (exact) mass is 824 g/mol. The number of benzene rings is 2. The Labute approximate surface area is 336 Å². The van der Waals surface area contributed by atoms with E-state index in [0.717, 1.165) is 23.1 Å². The summed E-state index contributed by atoms with van der Waals surface area (Å²) in [7, 11) is -3.92. The van der Waals surface area contributed by atoms with Crippen molar-refractivity contribution in [2.75, 3.05) is 6.54 Å². The van der Waals surface area contributed by atoms with E-state index < -0.39 is 68.5 Å². The highest BCUT2D eigenvalue weighted by Crippen LogP contribution is 2.46. The zero-order valence-electron chi connectivity index (χ0n) is 31.2. The van der Waals surface area contributed by atoms with Crippen LogP contribution < -0.4 is 20.1 Å². The first-order valence-corrected chi connectivity index (χ1v) is 21.8. The van der Waals surface area contributed by atoms with Crippen LogP contribution in [0.15, 0.2) is 77.5 Å². The first-order chi connectivity index (χ1) is 28.1. The second kappa shape index (κ2) is 15.2. The van der Waals surface area contributed by atoms with Crippen LogP contribution in [0.3, 0.4) is 0 Å². The fourth-order valence-electron chi connectivity index (χ4n) is 7.75. The molecular formula is C40H40N8O8S2. The normalized spacial score (nSPS) is 25.8. The van der Waals surface area contributed by atoms with E-state index in [0.29, 0.717) is 47.4 Å². The summed E-state index contributed by atoms with van der Waals surface area (Å²) < 4.78 is 40.7. The van der Waals surface area contributed by atoms with Gasteiger partial charge in [0.05, 0.1) is 39.2 Å². The highest BCUT2D eigenvalue weighted by atomic mass is 32.2. The van der Waals surface area contributed by atoms with Gasteiger partial charge in [-0.3, -0.25) is 23.9 Å². The molecule has 0 bridgehead atoms. The summed E-state index contributed by atoms with van der Waals surface area (Å²) in [6.45, 7) is -0.0715. The average molecular weight is 825 g/mol. The van der Waals surface area contributed by atoms with Gasteiger partial charge in [-0.2, -0.15) is 0 Å². The minimum Gasteiger partial charge on any atom is -0.471 e. The number of rotatable bonds is 8. The summed E-state index contributed by atoms with van der Waals surface area (Å²) in [5, 5.41) is 9.23. The maximum absolute atomic E-state index is 14.7. The number of ether oxygens (including phenoxy) is 1. The summed E-state index contributed by atoms with van der Waals surface area (Å²) in [6.07, 6.45) is 8.50. The van der Waals surface area contributed by atoms with Gasteiger partial charge < -0.3 is 24.8 Å². The van der Waals surface area contributed by atoms with E-state index in [1.807, 2.05) is 60.7 Å². The highest BCUT2D eigenvalue weighted by molar-refractivity contribution is 7.91. The Balaban J connectivity index is 1.06. The third-order valence-electron chi connectivity index (χ3n) is 11.1. The van der Waals surface area contributed by atoms with E-state index in [1.165, 1.54) is 28.5 Å². The van der Waals surface area contributed by atoms with Gasteiger partial charge in [0.2, 0.25) is 33.5 Å². The summed E-state index contributed by atoms with van der Waals surface area (Å²) in [5.41, 5.74) is 0.849. The first kappa shape index (κ1) is 37.8. The Morgan fingerprint density at radius 2 is 1.72 bits per heavy atom. The average Bonchev–Trinajstić information content (AvgIpc) is 3.98. The van der Waals surface area contributed by atoms with Crippen LogP contribution in [0.5, 0.6) is 5.88 Å². The smallest absolute Gasteiger partial charge is 0.290 e. The Bertz CT molecular complexity index is 2520. The van der Waals surface area contributed by atoms with Crippen LogP contribution in [-0.2, 0) is 24.4 Å². The van der Waals surface area contributed by atoms with Gasteiger partial charge in [-0.25, -0.2) is 23.4 Å². The molecule has 1 saturated heterocycles. The third kappa shape index (κ3) is 7.53. The summed E-state index contributed by atoms with van der Waals surface area (Å²) >= 11 is 1.43. The number of nitrogens with zero attached hydrogens (tertiary/aromatic N) is 5. The molecule has 5 heterocycles. The molecule has 18 heteroatoms. The van der Waals surface area contributed by atoms with Crippen molar-refractivity contribution >= 4 is 66.2 Å². The summed E-state index contributed by atoms with van der Waals surface area (Å²) in [6, 6.07) is 14.2. The van der Waals surface area contributed by atoms with Gasteiger partial charge in [-0.15, -0.1) is 11.3 Å². The van der Waals surface area contributed by atoms with Gasteiger partial charge in [-0.1, -0.05) is 54.4 Å². The highest BCUT2D eigenvalue weighted by Gasteiger charge is 2.62. The quantitative estimate of drug-likeness (QED) is 0.189. The molecule has 2 saturated carbocycles. The van der Waals surface area contributed by atoms with Gasteiger partial charge in [0, 0.05) is 18.4 Å². The topological polar surface area (TPSA) is 216 Å². The lowest BCUT2D eigenvalue weighted by atomic mass is 10.0.